The molecule has 3 atom stereocenters. The van der Waals surface area contributed by atoms with Crippen LogP contribution in [0, 0.1) is 30.5 Å². The van der Waals surface area contributed by atoms with Gasteiger partial charge in [0.1, 0.15) is 11.6 Å². The maximum atomic E-state index is 13.7. The van der Waals surface area contributed by atoms with Crippen molar-refractivity contribution in [3.63, 3.8) is 0 Å². The van der Waals surface area contributed by atoms with Crippen molar-refractivity contribution in [2.24, 2.45) is 17.8 Å². The summed E-state index contributed by atoms with van der Waals surface area (Å²) < 4.78 is 81.5. The Bertz CT molecular complexity index is 1340. The molecule has 8 nitrogen and oxygen atoms in total. The van der Waals surface area contributed by atoms with Crippen molar-refractivity contribution in [1.82, 2.24) is 25.0 Å². The summed E-state index contributed by atoms with van der Waals surface area (Å²) in [6, 6.07) is 0.154. The maximum Gasteiger partial charge on any atom is 0.320 e. The van der Waals surface area contributed by atoms with Gasteiger partial charge in [0.25, 0.3) is 0 Å². The lowest BCUT2D eigenvalue weighted by Crippen LogP contribution is -2.43. The molecule has 2 aromatic heterocycles. The summed E-state index contributed by atoms with van der Waals surface area (Å²) in [5.74, 6) is 0.476. The Labute approximate surface area is 200 Å². The summed E-state index contributed by atoms with van der Waals surface area (Å²) in [5.41, 5.74) is 0. The summed E-state index contributed by atoms with van der Waals surface area (Å²) in [4.78, 5) is 6.39. The van der Waals surface area contributed by atoms with Crippen LogP contribution in [0.3, 0.4) is 0 Å². The van der Waals surface area contributed by atoms with Gasteiger partial charge in [-0.3, -0.25) is 0 Å². The first-order valence-corrected chi connectivity index (χ1v) is 10.7. The number of hydrogen-bond donors (Lipinski definition) is 0. The van der Waals surface area contributed by atoms with Crippen molar-refractivity contribution >= 4 is 17.6 Å². The second-order valence-corrected chi connectivity index (χ2v) is 8.63. The number of rotatable bonds is 6. The van der Waals surface area contributed by atoms with E-state index in [1.54, 1.807) is 6.92 Å². The second kappa shape index (κ2) is 8.35. The zero-order chi connectivity index (χ0) is 28.3. The number of nitrogens with zero attached hydrogens (tertiary/aromatic N) is 6. The van der Waals surface area contributed by atoms with Gasteiger partial charge in [0, 0.05) is 40.7 Å². The highest BCUT2D eigenvalue weighted by Crippen LogP contribution is 2.44. The molecule has 32 heavy (non-hydrogen) atoms. The largest absolute Gasteiger partial charge is 0.424 e. The van der Waals surface area contributed by atoms with Crippen LogP contribution in [0.4, 0.5) is 10.4 Å². The quantitative estimate of drug-likeness (QED) is 0.513. The molecule has 0 spiro atoms. The van der Waals surface area contributed by atoms with E-state index in [0.29, 0.717) is 36.1 Å². The van der Waals surface area contributed by atoms with Crippen LogP contribution in [0.5, 0.6) is 11.8 Å². The molecule has 170 valence electrons. The molecule has 1 aromatic carbocycles. The first-order chi connectivity index (χ1) is 18.2. The number of hydrogen-bond acceptors (Lipinski definition) is 7. The van der Waals surface area contributed by atoms with Gasteiger partial charge >= 0.3 is 12.0 Å². The second-order valence-electron chi connectivity index (χ2n) is 8.22. The third-order valence-electron chi connectivity index (χ3n) is 6.17. The van der Waals surface area contributed by atoms with E-state index in [0.717, 1.165) is 25.0 Å². The lowest BCUT2D eigenvalue weighted by molar-refractivity contribution is 0.257. The number of ether oxygens (including phenoxy) is 1. The van der Waals surface area contributed by atoms with Crippen molar-refractivity contribution in [1.29, 1.82) is 0 Å². The van der Waals surface area contributed by atoms with Gasteiger partial charge in [-0.2, -0.15) is 10.1 Å². The molecule has 1 saturated heterocycles. The Balaban J connectivity index is 1.48. The zero-order valence-corrected chi connectivity index (χ0v) is 18.0. The van der Waals surface area contributed by atoms with Gasteiger partial charge in [-0.05, 0) is 56.4 Å². The summed E-state index contributed by atoms with van der Waals surface area (Å²) in [7, 11) is 0. The van der Waals surface area contributed by atoms with Gasteiger partial charge in [-0.25, -0.2) is 9.07 Å². The predicted octanol–water partition coefficient (Wildman–Crippen LogP) is 4.84. The molecule has 1 aliphatic heterocycles. The van der Waals surface area contributed by atoms with Gasteiger partial charge in [0.2, 0.25) is 5.89 Å². The van der Waals surface area contributed by atoms with E-state index in [-0.39, 0.29) is 34.4 Å². The van der Waals surface area contributed by atoms with Crippen molar-refractivity contribution in [3.8, 4) is 11.8 Å². The highest BCUT2D eigenvalue weighted by atomic mass is 35.5. The zero-order valence-electron chi connectivity index (χ0n) is 24.3. The fraction of sp³-hybridized carbons (Fsp3) is 0.545. The fourth-order valence-electron chi connectivity index (χ4n) is 4.73. The Morgan fingerprint density at radius 3 is 2.75 bits per heavy atom. The topological polar surface area (TPSA) is 82.1 Å². The molecule has 1 saturated carbocycles. The fourth-order valence-corrected chi connectivity index (χ4v) is 4.90. The van der Waals surface area contributed by atoms with Crippen LogP contribution in [0.1, 0.15) is 53.9 Å². The van der Waals surface area contributed by atoms with Crippen LogP contribution in [0.25, 0.3) is 0 Å². The molecule has 3 heterocycles. The van der Waals surface area contributed by atoms with E-state index < -0.39 is 31.5 Å². The Kier molecular flexibility index (Phi) is 3.77. The average Bonchev–Trinajstić information content (AvgIpc) is 3.50. The molecule has 5 rings (SSSR count). The molecular formula is C22H26ClFN6O2. The van der Waals surface area contributed by atoms with E-state index in [4.69, 9.17) is 30.4 Å². The predicted molar refractivity (Wildman–Crippen MR) is 117 cm³/mol. The third-order valence-corrected chi connectivity index (χ3v) is 6.46. The summed E-state index contributed by atoms with van der Waals surface area (Å²) in [6.45, 7) is -3.57. The molecular weight excluding hydrogens is 435 g/mol. The number of aromatic nitrogens is 5. The van der Waals surface area contributed by atoms with Gasteiger partial charge in [0.05, 0.1) is 12.4 Å². The van der Waals surface area contributed by atoms with Crippen LogP contribution in [-0.4, -0.2) is 38.1 Å². The number of piperidine rings is 1. The maximum absolute atomic E-state index is 13.7. The number of benzene rings is 1. The third kappa shape index (κ3) is 4.05. The highest BCUT2D eigenvalue weighted by Gasteiger charge is 2.43. The number of halogens is 2. The van der Waals surface area contributed by atoms with Gasteiger partial charge in [-0.1, -0.05) is 16.7 Å². The lowest BCUT2D eigenvalue weighted by Gasteiger charge is -2.36. The van der Waals surface area contributed by atoms with Crippen molar-refractivity contribution in [2.45, 2.75) is 45.9 Å². The van der Waals surface area contributed by atoms with E-state index in [1.807, 2.05) is 0 Å². The minimum Gasteiger partial charge on any atom is -0.424 e. The molecule has 3 aromatic rings. The minimum absolute atomic E-state index is 0.0248. The summed E-state index contributed by atoms with van der Waals surface area (Å²) in [6.07, 6.45) is 2.21. The summed E-state index contributed by atoms with van der Waals surface area (Å²) >= 11 is 5.85. The van der Waals surface area contributed by atoms with Gasteiger partial charge in [0.15, 0.2) is 5.82 Å². The number of fused-ring (bicyclic) bond motifs is 2. The molecule has 0 N–H and O–H groups in total. The van der Waals surface area contributed by atoms with Gasteiger partial charge < -0.3 is 14.1 Å². The normalized spacial score (nSPS) is 27.0. The molecule has 2 bridgehead atoms. The smallest absolute Gasteiger partial charge is 0.320 e. The molecule has 10 heteroatoms. The Hall–Kier alpha value is -2.68. The lowest BCUT2D eigenvalue weighted by atomic mass is 9.82. The van der Waals surface area contributed by atoms with E-state index in [9.17, 15) is 4.39 Å². The summed E-state index contributed by atoms with van der Waals surface area (Å²) in [5, 5.41) is 12.0. The van der Waals surface area contributed by atoms with Gasteiger partial charge in [-0.15, -0.1) is 5.10 Å². The number of aryl methyl sites for hydroxylation is 1. The standard InChI is InChI=1S/C22H26ClFN6O2/c1-12(2)30-21(32-16-6-7-19(24)18(23)8-16)25-20(28-30)9-17-14-4-5-15(17)11-29(10-14)22-27-26-13(3)31-22/h6-8,12,14-15,17H,4-5,9-11H2,1-3H3/t14-,15+,17?/i1D3,2D3,12D. The molecule has 2 aliphatic rings. The van der Waals surface area contributed by atoms with Crippen LogP contribution < -0.4 is 9.64 Å². The molecule has 0 amide bonds. The molecule has 2 fully saturated rings. The van der Waals surface area contributed by atoms with E-state index in [2.05, 4.69) is 25.2 Å². The SMILES string of the molecule is [2H]C([2H])([2H])C([2H])(n1nc(CC2[C@@H]3CC[C@H]2CN(c2nnc(C)o2)C3)nc1Oc1ccc(F)c(Cl)c1)C([2H])([2H])[2H]. The highest BCUT2D eigenvalue weighted by molar-refractivity contribution is 6.30. The van der Waals surface area contributed by atoms with Crippen molar-refractivity contribution in [2.75, 3.05) is 18.0 Å². The average molecular weight is 468 g/mol. The molecule has 1 unspecified atom stereocenters. The van der Waals surface area contributed by atoms with E-state index in [1.165, 1.54) is 6.07 Å². The van der Waals surface area contributed by atoms with Crippen LogP contribution >= 0.6 is 11.6 Å². The van der Waals surface area contributed by atoms with E-state index >= 15 is 0 Å². The first-order valence-electron chi connectivity index (χ1n) is 13.8. The monoisotopic (exact) mass is 467 g/mol. The van der Waals surface area contributed by atoms with Crippen molar-refractivity contribution in [3.05, 3.63) is 40.8 Å². The number of anilines is 1. The van der Waals surface area contributed by atoms with Crippen LogP contribution in [0.15, 0.2) is 22.6 Å². The molecule has 1 aliphatic carbocycles. The Morgan fingerprint density at radius 1 is 1.31 bits per heavy atom. The molecule has 0 radical (unpaired) electrons. The van der Waals surface area contributed by atoms with Crippen LogP contribution in [-0.2, 0) is 6.42 Å². The van der Waals surface area contributed by atoms with Crippen LogP contribution in [0.2, 0.25) is 5.02 Å². The first kappa shape index (κ1) is 14.5. The van der Waals surface area contributed by atoms with Crippen molar-refractivity contribution < 1.29 is 23.1 Å². The Morgan fingerprint density at radius 2 is 2.09 bits per heavy atom. The minimum atomic E-state index is -3.33.